The fourth-order valence-electron chi connectivity index (χ4n) is 3.03. The maximum atomic E-state index is 9.88. The largest absolute Gasteiger partial charge is 0.492 e. The normalized spacial score (nSPS) is 19.2. The summed E-state index contributed by atoms with van der Waals surface area (Å²) in [4.78, 5) is 0. The van der Waals surface area contributed by atoms with Crippen LogP contribution in [0.1, 0.15) is 44.6 Å². The Bertz CT molecular complexity index is 823. The lowest BCUT2D eigenvalue weighted by Gasteiger charge is -2.32. The van der Waals surface area contributed by atoms with E-state index >= 15 is 0 Å². The SMILES string of the molecule is Cc1cc(C)n(-c2cccc(C=C(CO)B3OC(C)(C)C(C)(C)O3)c2)n1. The van der Waals surface area contributed by atoms with Crippen molar-refractivity contribution in [2.75, 3.05) is 6.61 Å². The van der Waals surface area contributed by atoms with Gasteiger partial charge in [0.2, 0.25) is 0 Å². The van der Waals surface area contributed by atoms with Gasteiger partial charge in [-0.25, -0.2) is 4.68 Å². The Hall–Kier alpha value is -1.89. The molecule has 1 aromatic heterocycles. The second-order valence-corrected chi connectivity index (χ2v) is 7.90. The molecule has 26 heavy (non-hydrogen) atoms. The molecule has 0 radical (unpaired) electrons. The highest BCUT2D eigenvalue weighted by molar-refractivity contribution is 6.55. The number of aliphatic hydroxyl groups excluding tert-OH is 1. The number of nitrogens with zero attached hydrogens (tertiary/aromatic N) is 2. The molecule has 1 aliphatic rings. The summed E-state index contributed by atoms with van der Waals surface area (Å²) in [5, 5.41) is 14.4. The van der Waals surface area contributed by atoms with Crippen molar-refractivity contribution >= 4 is 13.2 Å². The molecule has 2 heterocycles. The van der Waals surface area contributed by atoms with E-state index in [-0.39, 0.29) is 6.61 Å². The summed E-state index contributed by atoms with van der Waals surface area (Å²) in [6.45, 7) is 11.9. The van der Waals surface area contributed by atoms with Crippen LogP contribution in [0.4, 0.5) is 0 Å². The zero-order chi connectivity index (χ0) is 19.1. The number of aromatic nitrogens is 2. The smallest absolute Gasteiger partial charge is 0.400 e. The van der Waals surface area contributed by atoms with E-state index in [4.69, 9.17) is 9.31 Å². The summed E-state index contributed by atoms with van der Waals surface area (Å²) in [5.74, 6) is 0. The van der Waals surface area contributed by atoms with E-state index in [1.54, 1.807) is 0 Å². The zero-order valence-corrected chi connectivity index (χ0v) is 16.4. The van der Waals surface area contributed by atoms with Crippen molar-refractivity contribution in [1.82, 2.24) is 9.78 Å². The lowest BCUT2D eigenvalue weighted by Crippen LogP contribution is -2.41. The number of rotatable bonds is 4. The topological polar surface area (TPSA) is 56.5 Å². The second-order valence-electron chi connectivity index (χ2n) is 7.90. The Morgan fingerprint density at radius 2 is 1.81 bits per heavy atom. The molecule has 0 bridgehead atoms. The third-order valence-electron chi connectivity index (χ3n) is 5.22. The third-order valence-corrected chi connectivity index (χ3v) is 5.22. The molecule has 1 fully saturated rings. The van der Waals surface area contributed by atoms with Crippen LogP contribution in [0.15, 0.2) is 35.8 Å². The third kappa shape index (κ3) is 3.49. The van der Waals surface area contributed by atoms with Crippen LogP contribution < -0.4 is 0 Å². The van der Waals surface area contributed by atoms with Crippen molar-refractivity contribution in [2.24, 2.45) is 0 Å². The maximum absolute atomic E-state index is 9.88. The highest BCUT2D eigenvalue weighted by Crippen LogP contribution is 2.38. The first-order chi connectivity index (χ1) is 12.1. The second kappa shape index (κ2) is 6.69. The standard InChI is InChI=1S/C20H27BN2O3/c1-14-10-15(2)23(22-14)18-9-7-8-16(12-18)11-17(13-24)21-25-19(3,4)20(5,6)26-21/h7-12,24H,13H2,1-6H3. The summed E-state index contributed by atoms with van der Waals surface area (Å²) < 4.78 is 14.0. The number of aliphatic hydroxyl groups is 1. The van der Waals surface area contributed by atoms with Crippen molar-refractivity contribution in [3.63, 3.8) is 0 Å². The van der Waals surface area contributed by atoms with Crippen LogP contribution in [0.25, 0.3) is 11.8 Å². The molecule has 138 valence electrons. The molecule has 0 aliphatic carbocycles. The number of hydrogen-bond donors (Lipinski definition) is 1. The van der Waals surface area contributed by atoms with Gasteiger partial charge in [-0.15, -0.1) is 0 Å². The zero-order valence-electron chi connectivity index (χ0n) is 16.4. The van der Waals surface area contributed by atoms with Gasteiger partial charge in [0.25, 0.3) is 0 Å². The first kappa shape index (κ1) is 18.9. The van der Waals surface area contributed by atoms with Gasteiger partial charge >= 0.3 is 7.12 Å². The average molecular weight is 354 g/mol. The van der Waals surface area contributed by atoms with Crippen molar-refractivity contribution in [3.8, 4) is 5.69 Å². The molecule has 5 nitrogen and oxygen atoms in total. The van der Waals surface area contributed by atoms with Gasteiger partial charge in [-0.3, -0.25) is 0 Å². The summed E-state index contributed by atoms with van der Waals surface area (Å²) in [6.07, 6.45) is 1.93. The van der Waals surface area contributed by atoms with Crippen molar-refractivity contribution in [2.45, 2.75) is 52.7 Å². The van der Waals surface area contributed by atoms with Crippen LogP contribution in [0.3, 0.4) is 0 Å². The highest BCUT2D eigenvalue weighted by atomic mass is 16.7. The van der Waals surface area contributed by atoms with Crippen LogP contribution in [-0.4, -0.2) is 39.8 Å². The van der Waals surface area contributed by atoms with Gasteiger partial charge in [0, 0.05) is 5.69 Å². The predicted octanol–water partition coefficient (Wildman–Crippen LogP) is 3.50. The lowest BCUT2D eigenvalue weighted by molar-refractivity contribution is 0.00578. The van der Waals surface area contributed by atoms with E-state index in [1.165, 1.54) is 0 Å². The van der Waals surface area contributed by atoms with Crippen LogP contribution in [-0.2, 0) is 9.31 Å². The van der Waals surface area contributed by atoms with Crippen molar-refractivity contribution in [1.29, 1.82) is 0 Å². The molecular formula is C20H27BN2O3. The minimum atomic E-state index is -0.553. The minimum absolute atomic E-state index is 0.124. The fourth-order valence-corrected chi connectivity index (χ4v) is 3.03. The van der Waals surface area contributed by atoms with E-state index in [9.17, 15) is 5.11 Å². The first-order valence-corrected chi connectivity index (χ1v) is 8.93. The van der Waals surface area contributed by atoms with Crippen LogP contribution in [0.2, 0.25) is 0 Å². The molecule has 0 amide bonds. The van der Waals surface area contributed by atoms with Crippen LogP contribution >= 0.6 is 0 Å². The maximum Gasteiger partial charge on any atom is 0.492 e. The van der Waals surface area contributed by atoms with E-state index in [1.807, 2.05) is 82.6 Å². The summed E-state index contributed by atoms with van der Waals surface area (Å²) >= 11 is 0. The van der Waals surface area contributed by atoms with Crippen molar-refractivity contribution < 1.29 is 14.4 Å². The predicted molar refractivity (Wildman–Crippen MR) is 104 cm³/mol. The summed E-state index contributed by atoms with van der Waals surface area (Å²) in [7, 11) is -0.553. The average Bonchev–Trinajstić information content (AvgIpc) is 3.00. The molecule has 1 aromatic carbocycles. The summed E-state index contributed by atoms with van der Waals surface area (Å²) in [5.41, 5.74) is 3.85. The van der Waals surface area contributed by atoms with Gasteiger partial charge in [0.1, 0.15) is 0 Å². The Morgan fingerprint density at radius 1 is 1.15 bits per heavy atom. The molecule has 0 atom stereocenters. The number of benzene rings is 1. The lowest BCUT2D eigenvalue weighted by atomic mass is 9.77. The monoisotopic (exact) mass is 354 g/mol. The van der Waals surface area contributed by atoms with Crippen LogP contribution in [0, 0.1) is 13.8 Å². The number of aryl methyl sites for hydroxylation is 2. The molecule has 0 unspecified atom stereocenters. The quantitative estimate of drug-likeness (QED) is 0.854. The first-order valence-electron chi connectivity index (χ1n) is 8.93. The van der Waals surface area contributed by atoms with Crippen molar-refractivity contribution in [3.05, 3.63) is 52.8 Å². The highest BCUT2D eigenvalue weighted by Gasteiger charge is 2.52. The molecule has 2 aromatic rings. The minimum Gasteiger partial charge on any atom is -0.400 e. The molecule has 3 rings (SSSR count). The molecule has 1 N–H and O–H groups in total. The van der Waals surface area contributed by atoms with Gasteiger partial charge in [0.05, 0.1) is 29.2 Å². The molecule has 0 saturated carbocycles. The fraction of sp³-hybridized carbons (Fsp3) is 0.450. The van der Waals surface area contributed by atoms with E-state index in [0.29, 0.717) is 5.47 Å². The molecular weight excluding hydrogens is 327 g/mol. The van der Waals surface area contributed by atoms with Crippen LogP contribution in [0.5, 0.6) is 0 Å². The van der Waals surface area contributed by atoms with Gasteiger partial charge in [0.15, 0.2) is 0 Å². The van der Waals surface area contributed by atoms with Gasteiger partial charge < -0.3 is 14.4 Å². The van der Waals surface area contributed by atoms with Gasteiger partial charge in [-0.1, -0.05) is 18.2 Å². The van der Waals surface area contributed by atoms with E-state index < -0.39 is 18.3 Å². The Balaban J connectivity index is 1.91. The Morgan fingerprint density at radius 3 is 2.35 bits per heavy atom. The molecule has 6 heteroatoms. The molecule has 0 spiro atoms. The Labute approximate surface area is 155 Å². The summed E-state index contributed by atoms with van der Waals surface area (Å²) in [6, 6.07) is 10.1. The van der Waals surface area contributed by atoms with E-state index in [2.05, 4.69) is 5.10 Å². The molecule has 1 aliphatic heterocycles. The Kier molecular flexibility index (Phi) is 4.86. The van der Waals surface area contributed by atoms with Gasteiger partial charge in [-0.05, 0) is 70.8 Å². The number of hydrogen-bond acceptors (Lipinski definition) is 4. The molecule has 1 saturated heterocycles. The van der Waals surface area contributed by atoms with Gasteiger partial charge in [-0.2, -0.15) is 5.10 Å². The van der Waals surface area contributed by atoms with E-state index in [0.717, 1.165) is 22.6 Å².